The van der Waals surface area contributed by atoms with Crippen molar-refractivity contribution in [3.63, 3.8) is 0 Å². The first-order valence-corrected chi connectivity index (χ1v) is 6.44. The Bertz CT molecular complexity index is 683. The second kappa shape index (κ2) is 6.28. The van der Waals surface area contributed by atoms with E-state index in [1.165, 1.54) is 30.3 Å². The molecular weight excluding hydrogens is 294 g/mol. The van der Waals surface area contributed by atoms with E-state index in [1.807, 2.05) is 0 Å². The number of benzene rings is 2. The van der Waals surface area contributed by atoms with E-state index < -0.39 is 5.97 Å². The first kappa shape index (κ1) is 14.9. The molecule has 0 aliphatic rings. The first-order chi connectivity index (χ1) is 9.95. The van der Waals surface area contributed by atoms with Gasteiger partial charge in [-0.1, -0.05) is 23.7 Å². The third-order valence-electron chi connectivity index (χ3n) is 2.78. The SMILES string of the molecule is O=C(Cc1ccc(O)cc1)Nc1ccc(Cl)c(C(=O)O)c1. The maximum Gasteiger partial charge on any atom is 0.337 e. The topological polar surface area (TPSA) is 86.6 Å². The van der Waals surface area contributed by atoms with Gasteiger partial charge in [0.05, 0.1) is 17.0 Å². The van der Waals surface area contributed by atoms with Gasteiger partial charge in [-0.3, -0.25) is 4.79 Å². The molecule has 108 valence electrons. The monoisotopic (exact) mass is 305 g/mol. The van der Waals surface area contributed by atoms with Gasteiger partial charge in [0, 0.05) is 5.69 Å². The Hall–Kier alpha value is -2.53. The van der Waals surface area contributed by atoms with E-state index in [9.17, 15) is 9.59 Å². The minimum absolute atomic E-state index is 0.0703. The normalized spacial score (nSPS) is 10.1. The highest BCUT2D eigenvalue weighted by Gasteiger charge is 2.11. The third-order valence-corrected chi connectivity index (χ3v) is 3.11. The number of carboxylic acid groups (broad SMARTS) is 1. The summed E-state index contributed by atoms with van der Waals surface area (Å²) in [4.78, 5) is 22.8. The molecule has 2 rings (SSSR count). The van der Waals surface area contributed by atoms with Crippen LogP contribution in [0.1, 0.15) is 15.9 Å². The van der Waals surface area contributed by atoms with E-state index in [-0.39, 0.29) is 28.7 Å². The van der Waals surface area contributed by atoms with Crippen LogP contribution in [0.25, 0.3) is 0 Å². The second-order valence-corrected chi connectivity index (χ2v) is 4.80. The van der Waals surface area contributed by atoms with Crippen LogP contribution >= 0.6 is 11.6 Å². The van der Waals surface area contributed by atoms with Gasteiger partial charge in [-0.2, -0.15) is 0 Å². The van der Waals surface area contributed by atoms with Gasteiger partial charge in [0.1, 0.15) is 5.75 Å². The second-order valence-electron chi connectivity index (χ2n) is 4.39. The molecule has 21 heavy (non-hydrogen) atoms. The summed E-state index contributed by atoms with van der Waals surface area (Å²) in [5, 5.41) is 20.8. The zero-order valence-electron chi connectivity index (χ0n) is 10.8. The van der Waals surface area contributed by atoms with E-state index in [0.29, 0.717) is 5.69 Å². The lowest BCUT2D eigenvalue weighted by Gasteiger charge is -2.07. The number of hydrogen-bond donors (Lipinski definition) is 3. The number of rotatable bonds is 4. The van der Waals surface area contributed by atoms with Crippen LogP contribution in [0, 0.1) is 0 Å². The van der Waals surface area contributed by atoms with E-state index in [1.54, 1.807) is 12.1 Å². The van der Waals surface area contributed by atoms with Gasteiger partial charge >= 0.3 is 5.97 Å². The zero-order chi connectivity index (χ0) is 15.4. The van der Waals surface area contributed by atoms with Gasteiger partial charge in [-0.25, -0.2) is 4.79 Å². The molecule has 6 heteroatoms. The van der Waals surface area contributed by atoms with E-state index >= 15 is 0 Å². The van der Waals surface area contributed by atoms with Crippen molar-refractivity contribution in [3.8, 4) is 5.75 Å². The van der Waals surface area contributed by atoms with Crippen LogP contribution in [0.4, 0.5) is 5.69 Å². The molecule has 0 saturated carbocycles. The Balaban J connectivity index is 2.07. The van der Waals surface area contributed by atoms with E-state index in [2.05, 4.69) is 5.32 Å². The Labute approximate surface area is 125 Å². The fraction of sp³-hybridized carbons (Fsp3) is 0.0667. The molecule has 3 N–H and O–H groups in total. The van der Waals surface area contributed by atoms with Crippen molar-refractivity contribution in [3.05, 3.63) is 58.6 Å². The molecule has 0 heterocycles. The largest absolute Gasteiger partial charge is 0.508 e. The van der Waals surface area contributed by atoms with Crippen molar-refractivity contribution in [2.75, 3.05) is 5.32 Å². The number of phenols is 1. The Morgan fingerprint density at radius 3 is 2.38 bits per heavy atom. The van der Waals surface area contributed by atoms with Gasteiger partial charge in [0.2, 0.25) is 5.91 Å². The molecule has 0 aromatic heterocycles. The van der Waals surface area contributed by atoms with E-state index in [4.69, 9.17) is 21.8 Å². The minimum Gasteiger partial charge on any atom is -0.508 e. The van der Waals surface area contributed by atoms with Crippen LogP contribution in [0.3, 0.4) is 0 Å². The molecule has 0 aliphatic heterocycles. The number of carbonyl (C=O) groups excluding carboxylic acids is 1. The van der Waals surface area contributed by atoms with Crippen molar-refractivity contribution < 1.29 is 19.8 Å². The summed E-state index contributed by atoms with van der Waals surface area (Å²) in [7, 11) is 0. The molecule has 5 nitrogen and oxygen atoms in total. The number of carbonyl (C=O) groups is 2. The summed E-state index contributed by atoms with van der Waals surface area (Å²) in [5.41, 5.74) is 1.03. The van der Waals surface area contributed by atoms with Gasteiger partial charge in [0.15, 0.2) is 0 Å². The molecule has 0 saturated heterocycles. The third kappa shape index (κ3) is 3.97. The molecule has 1 amide bonds. The number of amides is 1. The van der Waals surface area contributed by atoms with Crippen LogP contribution in [0.2, 0.25) is 5.02 Å². The number of aromatic carboxylic acids is 1. The van der Waals surface area contributed by atoms with Crippen LogP contribution in [0.15, 0.2) is 42.5 Å². The summed E-state index contributed by atoms with van der Waals surface area (Å²) >= 11 is 5.76. The molecule has 0 radical (unpaired) electrons. The van der Waals surface area contributed by atoms with Crippen molar-refractivity contribution in [1.29, 1.82) is 0 Å². The van der Waals surface area contributed by atoms with Gasteiger partial charge < -0.3 is 15.5 Å². The summed E-state index contributed by atoms with van der Waals surface area (Å²) in [6.07, 6.45) is 0.116. The summed E-state index contributed by atoms with van der Waals surface area (Å²) < 4.78 is 0. The smallest absolute Gasteiger partial charge is 0.337 e. The number of anilines is 1. The molecular formula is C15H12ClNO4. The van der Waals surface area contributed by atoms with E-state index in [0.717, 1.165) is 5.56 Å². The number of aromatic hydroxyl groups is 1. The Kier molecular flexibility index (Phi) is 4.45. The molecule has 2 aromatic rings. The van der Waals surface area contributed by atoms with Crippen molar-refractivity contribution in [2.45, 2.75) is 6.42 Å². The lowest BCUT2D eigenvalue weighted by molar-refractivity contribution is -0.115. The molecule has 0 bridgehead atoms. The molecule has 0 aliphatic carbocycles. The number of carboxylic acids is 1. The fourth-order valence-corrected chi connectivity index (χ4v) is 1.97. The fourth-order valence-electron chi connectivity index (χ4n) is 1.77. The van der Waals surface area contributed by atoms with Gasteiger partial charge in [-0.15, -0.1) is 0 Å². The first-order valence-electron chi connectivity index (χ1n) is 6.06. The minimum atomic E-state index is -1.16. The van der Waals surface area contributed by atoms with Crippen molar-refractivity contribution in [1.82, 2.24) is 0 Å². The molecule has 0 spiro atoms. The van der Waals surface area contributed by atoms with Crippen LogP contribution < -0.4 is 5.32 Å². The van der Waals surface area contributed by atoms with Crippen LogP contribution in [-0.4, -0.2) is 22.1 Å². The highest BCUT2D eigenvalue weighted by molar-refractivity contribution is 6.33. The summed E-state index contributed by atoms with van der Waals surface area (Å²) in [5.74, 6) is -1.32. The lowest BCUT2D eigenvalue weighted by atomic mass is 10.1. The molecule has 0 atom stereocenters. The number of nitrogens with one attached hydrogen (secondary N) is 1. The highest BCUT2D eigenvalue weighted by Crippen LogP contribution is 2.21. The Morgan fingerprint density at radius 2 is 1.76 bits per heavy atom. The molecule has 0 unspecified atom stereocenters. The quantitative estimate of drug-likeness (QED) is 0.810. The van der Waals surface area contributed by atoms with Crippen LogP contribution in [0.5, 0.6) is 5.75 Å². The number of halogens is 1. The van der Waals surface area contributed by atoms with Gasteiger partial charge in [0.25, 0.3) is 0 Å². The average Bonchev–Trinajstić information content (AvgIpc) is 2.43. The van der Waals surface area contributed by atoms with Crippen molar-refractivity contribution in [2.24, 2.45) is 0 Å². The summed E-state index contributed by atoms with van der Waals surface area (Å²) in [6.45, 7) is 0. The average molecular weight is 306 g/mol. The lowest BCUT2D eigenvalue weighted by Crippen LogP contribution is -2.14. The van der Waals surface area contributed by atoms with Gasteiger partial charge in [-0.05, 0) is 35.9 Å². The predicted molar refractivity (Wildman–Crippen MR) is 78.9 cm³/mol. The predicted octanol–water partition coefficient (Wildman–Crippen LogP) is 2.93. The standard InChI is InChI=1S/C15H12ClNO4/c16-13-6-3-10(8-12(13)15(20)21)17-14(19)7-9-1-4-11(18)5-2-9/h1-6,8,18H,7H2,(H,17,19)(H,20,21). The Morgan fingerprint density at radius 1 is 1.10 bits per heavy atom. The number of phenolic OH excluding ortho intramolecular Hbond substituents is 1. The summed E-state index contributed by atoms with van der Waals surface area (Å²) in [6, 6.07) is 10.5. The zero-order valence-corrected chi connectivity index (χ0v) is 11.6. The maximum absolute atomic E-state index is 11.9. The van der Waals surface area contributed by atoms with Crippen LogP contribution in [-0.2, 0) is 11.2 Å². The molecule has 0 fully saturated rings. The highest BCUT2D eigenvalue weighted by atomic mass is 35.5. The van der Waals surface area contributed by atoms with Crippen molar-refractivity contribution >= 4 is 29.2 Å². The number of hydrogen-bond acceptors (Lipinski definition) is 3. The molecule has 2 aromatic carbocycles. The maximum atomic E-state index is 11.9.